The second-order valence-electron chi connectivity index (χ2n) is 5.58. The summed E-state index contributed by atoms with van der Waals surface area (Å²) in [7, 11) is 1.92. The van der Waals surface area contributed by atoms with Crippen LogP contribution >= 0.6 is 0 Å². The number of carboxylic acid groups (broad SMARTS) is 1. The fourth-order valence-electron chi connectivity index (χ4n) is 2.79. The normalized spacial score (nSPS) is 18.7. The molecule has 0 aromatic carbocycles. The number of unbranched alkanes of at least 4 members (excludes halogenated alkanes) is 1. The lowest BCUT2D eigenvalue weighted by Crippen LogP contribution is -2.39. The van der Waals surface area contributed by atoms with E-state index >= 15 is 0 Å². The number of rotatable bonds is 6. The molecule has 1 unspecified atom stereocenters. The topological polar surface area (TPSA) is 88.3 Å². The molecule has 1 atom stereocenters. The van der Waals surface area contributed by atoms with Crippen LogP contribution in [0.15, 0.2) is 6.33 Å². The molecule has 0 spiro atoms. The first kappa shape index (κ1) is 15.5. The van der Waals surface area contributed by atoms with E-state index in [0.717, 1.165) is 25.2 Å². The number of aromatic nitrogens is 3. The van der Waals surface area contributed by atoms with Gasteiger partial charge in [-0.15, -0.1) is 10.2 Å². The van der Waals surface area contributed by atoms with Gasteiger partial charge < -0.3 is 14.6 Å². The molecule has 2 heterocycles. The summed E-state index contributed by atoms with van der Waals surface area (Å²) in [5, 5.41) is 16.6. The quantitative estimate of drug-likeness (QED) is 0.795. The van der Waals surface area contributed by atoms with E-state index < -0.39 is 5.97 Å². The van der Waals surface area contributed by atoms with Crippen molar-refractivity contribution in [2.45, 2.75) is 44.4 Å². The van der Waals surface area contributed by atoms with E-state index in [1.165, 1.54) is 0 Å². The minimum Gasteiger partial charge on any atom is -0.481 e. The maximum Gasteiger partial charge on any atom is 0.303 e. The van der Waals surface area contributed by atoms with E-state index in [1.54, 1.807) is 6.33 Å². The number of hydrogen-bond acceptors (Lipinski definition) is 4. The van der Waals surface area contributed by atoms with Crippen LogP contribution in [0, 0.1) is 0 Å². The number of hydrogen-bond donors (Lipinski definition) is 1. The zero-order valence-electron chi connectivity index (χ0n) is 12.4. The average molecular weight is 294 g/mol. The number of amides is 1. The Kier molecular flexibility index (Phi) is 5.30. The monoisotopic (exact) mass is 294 g/mol. The summed E-state index contributed by atoms with van der Waals surface area (Å²) in [4.78, 5) is 24.5. The van der Waals surface area contributed by atoms with E-state index in [-0.39, 0.29) is 18.2 Å². The first-order valence-corrected chi connectivity index (χ1v) is 7.41. The second-order valence-corrected chi connectivity index (χ2v) is 5.58. The van der Waals surface area contributed by atoms with Gasteiger partial charge in [0.15, 0.2) is 0 Å². The predicted octanol–water partition coefficient (Wildman–Crippen LogP) is 1.17. The van der Waals surface area contributed by atoms with Crippen molar-refractivity contribution < 1.29 is 14.7 Å². The zero-order valence-corrected chi connectivity index (χ0v) is 12.4. The van der Waals surface area contributed by atoms with Gasteiger partial charge in [-0.25, -0.2) is 0 Å². The van der Waals surface area contributed by atoms with Crippen LogP contribution in [0.5, 0.6) is 0 Å². The van der Waals surface area contributed by atoms with Crippen LogP contribution in [0.25, 0.3) is 0 Å². The first-order valence-electron chi connectivity index (χ1n) is 7.41. The van der Waals surface area contributed by atoms with Gasteiger partial charge in [-0.1, -0.05) is 0 Å². The Morgan fingerprint density at radius 3 is 2.81 bits per heavy atom. The van der Waals surface area contributed by atoms with Crippen molar-refractivity contribution in [1.29, 1.82) is 0 Å². The van der Waals surface area contributed by atoms with Crippen molar-refractivity contribution in [1.82, 2.24) is 19.7 Å². The Hall–Kier alpha value is -1.92. The highest BCUT2D eigenvalue weighted by molar-refractivity contribution is 5.76. The maximum absolute atomic E-state index is 12.2. The summed E-state index contributed by atoms with van der Waals surface area (Å²) >= 11 is 0. The lowest BCUT2D eigenvalue weighted by atomic mass is 9.96. The van der Waals surface area contributed by atoms with Gasteiger partial charge in [0.05, 0.1) is 0 Å². The van der Waals surface area contributed by atoms with E-state index in [9.17, 15) is 9.59 Å². The van der Waals surface area contributed by atoms with Crippen LogP contribution in [0.1, 0.15) is 50.3 Å². The summed E-state index contributed by atoms with van der Waals surface area (Å²) in [5.41, 5.74) is 0. The molecule has 1 aliphatic heterocycles. The standard InChI is InChI=1S/C14H22N4O3/c1-17-10-15-16-14(17)11-5-4-8-18(9-11)12(19)6-2-3-7-13(20)21/h10-11H,2-9H2,1H3,(H,20,21). The number of piperidine rings is 1. The Morgan fingerprint density at radius 2 is 2.14 bits per heavy atom. The molecule has 1 N–H and O–H groups in total. The third-order valence-corrected chi connectivity index (χ3v) is 3.92. The fraction of sp³-hybridized carbons (Fsp3) is 0.714. The molecular weight excluding hydrogens is 272 g/mol. The molecule has 2 rings (SSSR count). The minimum absolute atomic E-state index is 0.118. The summed E-state index contributed by atoms with van der Waals surface area (Å²) in [6.07, 6.45) is 5.43. The number of carbonyl (C=O) groups excluding carboxylic acids is 1. The van der Waals surface area contributed by atoms with Crippen molar-refractivity contribution in [2.75, 3.05) is 13.1 Å². The lowest BCUT2D eigenvalue weighted by molar-refractivity contribution is -0.137. The van der Waals surface area contributed by atoms with Gasteiger partial charge >= 0.3 is 5.97 Å². The molecule has 116 valence electrons. The number of nitrogens with zero attached hydrogens (tertiary/aromatic N) is 4. The summed E-state index contributed by atoms with van der Waals surface area (Å²) in [6, 6.07) is 0. The molecule has 7 heteroatoms. The summed E-state index contributed by atoms with van der Waals surface area (Å²) in [5.74, 6) is 0.489. The van der Waals surface area contributed by atoms with Gasteiger partial charge in [0.25, 0.3) is 0 Å². The van der Waals surface area contributed by atoms with Crippen LogP contribution < -0.4 is 0 Å². The van der Waals surface area contributed by atoms with Gasteiger partial charge in [-0.3, -0.25) is 9.59 Å². The molecule has 0 saturated carbocycles. The van der Waals surface area contributed by atoms with Crippen LogP contribution in [-0.2, 0) is 16.6 Å². The largest absolute Gasteiger partial charge is 0.481 e. The Morgan fingerprint density at radius 1 is 1.38 bits per heavy atom. The minimum atomic E-state index is -0.803. The smallest absolute Gasteiger partial charge is 0.303 e. The number of aryl methyl sites for hydroxylation is 1. The van der Waals surface area contributed by atoms with Crippen molar-refractivity contribution in [2.24, 2.45) is 7.05 Å². The number of likely N-dealkylation sites (tertiary alicyclic amines) is 1. The second kappa shape index (κ2) is 7.19. The van der Waals surface area contributed by atoms with Gasteiger partial charge in [0.1, 0.15) is 12.2 Å². The summed E-state index contributed by atoms with van der Waals surface area (Å²) < 4.78 is 1.91. The Labute approximate surface area is 124 Å². The Balaban J connectivity index is 1.82. The van der Waals surface area contributed by atoms with Crippen molar-refractivity contribution in [3.8, 4) is 0 Å². The highest BCUT2D eigenvalue weighted by Crippen LogP contribution is 2.25. The molecule has 0 radical (unpaired) electrons. The van der Waals surface area contributed by atoms with Gasteiger partial charge in [0.2, 0.25) is 5.91 Å². The van der Waals surface area contributed by atoms with Crippen LogP contribution in [0.4, 0.5) is 0 Å². The highest BCUT2D eigenvalue weighted by atomic mass is 16.4. The van der Waals surface area contributed by atoms with E-state index in [2.05, 4.69) is 10.2 Å². The van der Waals surface area contributed by atoms with Gasteiger partial charge in [-0.05, 0) is 25.7 Å². The SMILES string of the molecule is Cn1cnnc1C1CCCN(C(=O)CCCCC(=O)O)C1. The first-order chi connectivity index (χ1) is 10.1. The van der Waals surface area contributed by atoms with Crippen molar-refractivity contribution >= 4 is 11.9 Å². The molecule has 21 heavy (non-hydrogen) atoms. The van der Waals surface area contributed by atoms with E-state index in [0.29, 0.717) is 25.8 Å². The molecule has 1 saturated heterocycles. The third kappa shape index (κ3) is 4.27. The summed E-state index contributed by atoms with van der Waals surface area (Å²) in [6.45, 7) is 1.47. The van der Waals surface area contributed by atoms with Crippen LogP contribution in [-0.4, -0.2) is 49.7 Å². The molecular formula is C14H22N4O3. The Bertz CT molecular complexity index is 500. The van der Waals surface area contributed by atoms with Gasteiger partial charge in [0, 0.05) is 38.9 Å². The van der Waals surface area contributed by atoms with E-state index in [1.807, 2.05) is 16.5 Å². The fourth-order valence-corrected chi connectivity index (χ4v) is 2.79. The molecule has 1 aromatic heterocycles. The van der Waals surface area contributed by atoms with Crippen LogP contribution in [0.3, 0.4) is 0 Å². The maximum atomic E-state index is 12.2. The molecule has 1 fully saturated rings. The highest BCUT2D eigenvalue weighted by Gasteiger charge is 2.27. The molecule has 1 aromatic rings. The number of carboxylic acids is 1. The van der Waals surface area contributed by atoms with Crippen molar-refractivity contribution in [3.63, 3.8) is 0 Å². The number of carbonyl (C=O) groups is 2. The lowest BCUT2D eigenvalue weighted by Gasteiger charge is -2.32. The molecule has 7 nitrogen and oxygen atoms in total. The molecule has 1 aliphatic rings. The van der Waals surface area contributed by atoms with Crippen molar-refractivity contribution in [3.05, 3.63) is 12.2 Å². The molecule has 0 bridgehead atoms. The van der Waals surface area contributed by atoms with Crippen LogP contribution in [0.2, 0.25) is 0 Å². The van der Waals surface area contributed by atoms with Gasteiger partial charge in [-0.2, -0.15) is 0 Å². The third-order valence-electron chi connectivity index (χ3n) is 3.92. The average Bonchev–Trinajstić information content (AvgIpc) is 2.89. The number of aliphatic carboxylic acids is 1. The predicted molar refractivity (Wildman–Crippen MR) is 75.7 cm³/mol. The van der Waals surface area contributed by atoms with E-state index in [4.69, 9.17) is 5.11 Å². The molecule has 0 aliphatic carbocycles. The zero-order chi connectivity index (χ0) is 15.2. The molecule has 1 amide bonds.